The van der Waals surface area contributed by atoms with Crippen LogP contribution < -0.4 is 0 Å². The molecule has 1 aliphatic rings. The molecule has 1 saturated heterocycles. The van der Waals surface area contributed by atoms with Crippen molar-refractivity contribution in [1.29, 1.82) is 0 Å². The van der Waals surface area contributed by atoms with Crippen molar-refractivity contribution in [3.05, 3.63) is 12.2 Å². The maximum Gasteiger partial charge on any atom is 0.200 e. The molecule has 0 aromatic carbocycles. The number of ether oxygens (including phenoxy) is 1. The third kappa shape index (κ3) is 8.76. The van der Waals surface area contributed by atoms with Gasteiger partial charge in [0.2, 0.25) is 0 Å². The molecule has 1 rings (SSSR count). The Kier molecular flexibility index (Phi) is 15.6. The summed E-state index contributed by atoms with van der Waals surface area (Å²) in [6.45, 7) is 31.3. The van der Waals surface area contributed by atoms with Crippen LogP contribution in [0.3, 0.4) is 0 Å². The molecule has 0 spiro atoms. The molecule has 0 saturated carbocycles. The Morgan fingerprint density at radius 3 is 1.84 bits per heavy atom. The van der Waals surface area contributed by atoms with Crippen molar-refractivity contribution < 1.29 is 18.7 Å². The van der Waals surface area contributed by atoms with E-state index in [0.29, 0.717) is 28.5 Å². The molecule has 226 valence electrons. The zero-order valence-corrected chi connectivity index (χ0v) is 29.5. The molecule has 0 aromatic rings. The predicted octanol–water partition coefficient (Wildman–Crippen LogP) is 9.21. The van der Waals surface area contributed by atoms with Gasteiger partial charge >= 0.3 is 0 Å². The highest BCUT2D eigenvalue weighted by molar-refractivity contribution is 6.77. The van der Waals surface area contributed by atoms with Crippen molar-refractivity contribution in [2.45, 2.75) is 156 Å². The minimum atomic E-state index is -1.89. The maximum atomic E-state index is 9.45. The molecule has 0 radical (unpaired) electrons. The molecule has 1 aliphatic heterocycles. The summed E-state index contributed by atoms with van der Waals surface area (Å²) in [6.07, 6.45) is 6.83. The van der Waals surface area contributed by atoms with E-state index in [9.17, 15) is 5.11 Å². The van der Waals surface area contributed by atoms with Gasteiger partial charge in [-0.3, -0.25) is 0 Å². The minimum absolute atomic E-state index is 0.0766. The second-order valence-electron chi connectivity index (χ2n) is 13.5. The highest BCUT2D eigenvalue weighted by Gasteiger charge is 2.46. The molecule has 0 bridgehead atoms. The van der Waals surface area contributed by atoms with Crippen molar-refractivity contribution in [1.82, 2.24) is 0 Å². The highest BCUT2D eigenvalue weighted by atomic mass is 28.4. The van der Waals surface area contributed by atoms with Gasteiger partial charge in [-0.25, -0.2) is 0 Å². The van der Waals surface area contributed by atoms with E-state index in [-0.39, 0.29) is 36.8 Å². The van der Waals surface area contributed by atoms with Gasteiger partial charge in [-0.15, -0.1) is 0 Å². The first-order chi connectivity index (χ1) is 17.8. The lowest BCUT2D eigenvalue weighted by Crippen LogP contribution is -2.51. The van der Waals surface area contributed by atoms with Gasteiger partial charge in [-0.1, -0.05) is 102 Å². The largest absolute Gasteiger partial charge is 0.416 e. The molecule has 1 fully saturated rings. The molecule has 0 aliphatic carbocycles. The molecular formula is C32H66O4Si2. The summed E-state index contributed by atoms with van der Waals surface area (Å²) in [5.41, 5.74) is 1.80. The van der Waals surface area contributed by atoms with Gasteiger partial charge in [-0.05, 0) is 59.4 Å². The lowest BCUT2D eigenvalue weighted by molar-refractivity contribution is -0.144. The summed E-state index contributed by atoms with van der Waals surface area (Å²) >= 11 is 0. The Bertz CT molecular complexity index is 646. The van der Waals surface area contributed by atoms with E-state index in [0.717, 1.165) is 31.2 Å². The number of hydrogen-bond acceptors (Lipinski definition) is 4. The van der Waals surface area contributed by atoms with Crippen LogP contribution in [0.5, 0.6) is 0 Å². The molecule has 1 N–H and O–H groups in total. The molecule has 38 heavy (non-hydrogen) atoms. The van der Waals surface area contributed by atoms with E-state index < -0.39 is 16.6 Å². The fraction of sp³-hybridized carbons (Fsp3) is 0.938. The van der Waals surface area contributed by atoms with Gasteiger partial charge in [-0.2, -0.15) is 0 Å². The number of aliphatic hydroxyl groups is 1. The monoisotopic (exact) mass is 570 g/mol. The Hall–Kier alpha value is 0.0138. The van der Waals surface area contributed by atoms with E-state index in [1.165, 1.54) is 6.42 Å². The fourth-order valence-corrected chi connectivity index (χ4v) is 16.1. The van der Waals surface area contributed by atoms with Crippen molar-refractivity contribution in [2.24, 2.45) is 23.7 Å². The number of aliphatic hydroxyl groups excluding tert-OH is 1. The minimum Gasteiger partial charge on any atom is -0.416 e. The first-order valence-corrected chi connectivity index (χ1v) is 20.7. The van der Waals surface area contributed by atoms with Gasteiger partial charge in [0.15, 0.2) is 16.6 Å². The zero-order chi connectivity index (χ0) is 29.3. The smallest absolute Gasteiger partial charge is 0.200 e. The van der Waals surface area contributed by atoms with Crippen LogP contribution in [0.25, 0.3) is 0 Å². The first-order valence-electron chi connectivity index (χ1n) is 16.0. The standard InChI is InChI=1S/C32H66O4Si2/c1-14-37(15-2,16-3)36-32(26(10)18-17-21-33)29(13)31-27(11)19-20-30(35-31)28(12)22-34-38(23(4)5,24(6)7)25(8)9/h17-18,23-33H,14-16,19-22H2,1-13H3/b18-17+/t26-,27-,28+,29+,30-,31-,32-/m0/s1. The molecule has 1 heterocycles. The van der Waals surface area contributed by atoms with Gasteiger partial charge in [0.1, 0.15) is 0 Å². The van der Waals surface area contributed by atoms with Crippen molar-refractivity contribution >= 4 is 16.6 Å². The molecule has 0 unspecified atom stereocenters. The summed E-state index contributed by atoms with van der Waals surface area (Å²) in [4.78, 5) is 0. The van der Waals surface area contributed by atoms with E-state index >= 15 is 0 Å². The Morgan fingerprint density at radius 2 is 1.39 bits per heavy atom. The average Bonchev–Trinajstić information content (AvgIpc) is 2.88. The van der Waals surface area contributed by atoms with E-state index in [1.807, 2.05) is 6.08 Å². The predicted molar refractivity (Wildman–Crippen MR) is 170 cm³/mol. The van der Waals surface area contributed by atoms with Gasteiger partial charge in [0.25, 0.3) is 0 Å². The third-order valence-corrected chi connectivity index (χ3v) is 20.9. The topological polar surface area (TPSA) is 47.9 Å². The van der Waals surface area contributed by atoms with Crippen LogP contribution in [0.2, 0.25) is 34.8 Å². The van der Waals surface area contributed by atoms with Crippen molar-refractivity contribution in [3.8, 4) is 0 Å². The Morgan fingerprint density at radius 1 is 0.868 bits per heavy atom. The van der Waals surface area contributed by atoms with E-state index in [2.05, 4.69) is 96.1 Å². The van der Waals surface area contributed by atoms with Crippen LogP contribution >= 0.6 is 0 Å². The van der Waals surface area contributed by atoms with Gasteiger partial charge < -0.3 is 18.7 Å². The van der Waals surface area contributed by atoms with Crippen LogP contribution in [0.1, 0.15) is 103 Å². The Balaban J connectivity index is 3.14. The maximum absolute atomic E-state index is 9.45. The van der Waals surface area contributed by atoms with E-state index in [4.69, 9.17) is 13.6 Å². The molecular weight excluding hydrogens is 505 g/mol. The third-order valence-electron chi connectivity index (χ3n) is 10.2. The van der Waals surface area contributed by atoms with Crippen LogP contribution in [-0.4, -0.2) is 53.3 Å². The lowest BCUT2D eigenvalue weighted by atomic mass is 9.79. The summed E-state index contributed by atoms with van der Waals surface area (Å²) in [6, 6.07) is 3.43. The number of rotatable bonds is 17. The SMILES string of the molecule is CC[Si](CC)(CC)O[C@H]([C@H](C)[C@H]1O[C@H]([C@H](C)CO[Si](C(C)C)(C(C)C)C(C)C)CC[C@@H]1C)[C@@H](C)/C=C/CO. The molecule has 4 nitrogen and oxygen atoms in total. The van der Waals surface area contributed by atoms with Crippen molar-refractivity contribution in [3.63, 3.8) is 0 Å². The first kappa shape index (κ1) is 36.0. The fourth-order valence-electron chi connectivity index (χ4n) is 7.49. The summed E-state index contributed by atoms with van der Waals surface area (Å²) in [7, 11) is -3.69. The average molecular weight is 571 g/mol. The van der Waals surface area contributed by atoms with Crippen molar-refractivity contribution in [2.75, 3.05) is 13.2 Å². The highest BCUT2D eigenvalue weighted by Crippen LogP contribution is 2.43. The van der Waals surface area contributed by atoms with Crippen LogP contribution in [0, 0.1) is 23.7 Å². The molecule has 6 heteroatoms. The van der Waals surface area contributed by atoms with Gasteiger partial charge in [0.05, 0.1) is 24.9 Å². The molecule has 0 amide bonds. The summed E-state index contributed by atoms with van der Waals surface area (Å²) in [5, 5.41) is 9.45. The summed E-state index contributed by atoms with van der Waals surface area (Å²) in [5.74, 6) is 1.40. The molecule has 7 atom stereocenters. The lowest BCUT2D eigenvalue weighted by Gasteiger charge is -2.47. The molecule has 0 aromatic heterocycles. The number of hydrogen-bond donors (Lipinski definition) is 1. The normalized spacial score (nSPS) is 24.9. The summed E-state index contributed by atoms with van der Waals surface area (Å²) < 4.78 is 21.2. The van der Waals surface area contributed by atoms with Crippen LogP contribution in [0.15, 0.2) is 12.2 Å². The second kappa shape index (κ2) is 16.5. The van der Waals surface area contributed by atoms with E-state index in [1.54, 1.807) is 0 Å². The Labute approximate surface area is 240 Å². The van der Waals surface area contributed by atoms with Crippen LogP contribution in [0.4, 0.5) is 0 Å². The van der Waals surface area contributed by atoms with Gasteiger partial charge in [0, 0.05) is 18.4 Å². The second-order valence-corrected chi connectivity index (χ2v) is 23.6. The zero-order valence-electron chi connectivity index (χ0n) is 27.5. The quantitative estimate of drug-likeness (QED) is 0.140. The van der Waals surface area contributed by atoms with Crippen LogP contribution in [-0.2, 0) is 13.6 Å².